The minimum atomic E-state index is 0.657. The lowest BCUT2D eigenvalue weighted by molar-refractivity contribution is 0.279. The number of aromatic nitrogens is 1. The molecule has 0 bridgehead atoms. The average Bonchev–Trinajstić information content (AvgIpc) is 2.10. The van der Waals surface area contributed by atoms with Crippen molar-refractivity contribution in [3.05, 3.63) is 17.8 Å². The normalized spacial score (nSPS) is 10.6. The molecule has 2 N–H and O–H groups in total. The maximum Gasteiger partial charge on any atom is 0.213 e. The number of nitrogens with two attached hydrogens (primary N) is 1. The molecule has 0 saturated heterocycles. The van der Waals surface area contributed by atoms with E-state index in [1.54, 1.807) is 0 Å². The van der Waals surface area contributed by atoms with Crippen molar-refractivity contribution in [2.75, 3.05) is 12.3 Å². The zero-order valence-electron chi connectivity index (χ0n) is 9.08. The van der Waals surface area contributed by atoms with E-state index in [2.05, 4.69) is 18.8 Å². The van der Waals surface area contributed by atoms with Crippen molar-refractivity contribution in [3.8, 4) is 5.88 Å². The van der Waals surface area contributed by atoms with E-state index in [9.17, 15) is 0 Å². The molecule has 1 aromatic rings. The Kier molecular flexibility index (Phi) is 3.74. The highest BCUT2D eigenvalue weighted by atomic mass is 16.5. The van der Waals surface area contributed by atoms with Crippen LogP contribution in [0.15, 0.2) is 12.1 Å². The summed E-state index contributed by atoms with van der Waals surface area (Å²) < 4.78 is 5.49. The maximum atomic E-state index is 5.65. The lowest BCUT2D eigenvalue weighted by Crippen LogP contribution is -2.03. The molecule has 78 valence electrons. The molecule has 0 fully saturated rings. The summed E-state index contributed by atoms with van der Waals surface area (Å²) in [5, 5.41) is 0. The van der Waals surface area contributed by atoms with Crippen LogP contribution in [0.25, 0.3) is 0 Å². The fraction of sp³-hybridized carbons (Fsp3) is 0.545. The number of ether oxygens (including phenoxy) is 1. The van der Waals surface area contributed by atoms with Crippen molar-refractivity contribution in [2.24, 2.45) is 5.92 Å². The van der Waals surface area contributed by atoms with Crippen LogP contribution >= 0.6 is 0 Å². The van der Waals surface area contributed by atoms with Crippen molar-refractivity contribution < 1.29 is 4.74 Å². The van der Waals surface area contributed by atoms with Crippen LogP contribution in [0.5, 0.6) is 5.88 Å². The molecule has 0 saturated carbocycles. The van der Waals surface area contributed by atoms with Gasteiger partial charge in [0.25, 0.3) is 0 Å². The predicted octanol–water partition coefficient (Wildman–Crippen LogP) is 2.40. The molecule has 0 unspecified atom stereocenters. The number of anilines is 1. The van der Waals surface area contributed by atoms with Gasteiger partial charge in [-0.2, -0.15) is 0 Å². The molecule has 14 heavy (non-hydrogen) atoms. The Labute approximate surface area is 85.3 Å². The van der Waals surface area contributed by atoms with E-state index in [1.807, 2.05) is 19.1 Å². The van der Waals surface area contributed by atoms with Gasteiger partial charge in [-0.25, -0.2) is 4.98 Å². The van der Waals surface area contributed by atoms with Gasteiger partial charge >= 0.3 is 0 Å². The quantitative estimate of drug-likeness (QED) is 0.800. The fourth-order valence-electron chi connectivity index (χ4n) is 1.03. The molecule has 0 amide bonds. The zero-order valence-corrected chi connectivity index (χ0v) is 9.08. The zero-order chi connectivity index (χ0) is 10.6. The molecule has 0 atom stereocenters. The van der Waals surface area contributed by atoms with Gasteiger partial charge in [-0.3, -0.25) is 0 Å². The summed E-state index contributed by atoms with van der Waals surface area (Å²) in [4.78, 5) is 4.22. The molecular weight excluding hydrogens is 176 g/mol. The van der Waals surface area contributed by atoms with E-state index in [0.29, 0.717) is 24.1 Å². The monoisotopic (exact) mass is 194 g/mol. The topological polar surface area (TPSA) is 48.1 Å². The summed E-state index contributed by atoms with van der Waals surface area (Å²) in [6, 6.07) is 3.63. The molecular formula is C11H18N2O. The Balaban J connectivity index is 2.47. The van der Waals surface area contributed by atoms with E-state index in [1.165, 1.54) is 0 Å². The van der Waals surface area contributed by atoms with Crippen LogP contribution in [0, 0.1) is 12.8 Å². The van der Waals surface area contributed by atoms with Crippen LogP contribution < -0.4 is 10.5 Å². The van der Waals surface area contributed by atoms with E-state index < -0.39 is 0 Å². The van der Waals surface area contributed by atoms with E-state index in [0.717, 1.165) is 12.1 Å². The summed E-state index contributed by atoms with van der Waals surface area (Å²) in [5.74, 6) is 1.32. The van der Waals surface area contributed by atoms with Crippen LogP contribution in [-0.4, -0.2) is 11.6 Å². The van der Waals surface area contributed by atoms with Crippen LogP contribution in [0.3, 0.4) is 0 Å². The van der Waals surface area contributed by atoms with Gasteiger partial charge in [-0.15, -0.1) is 0 Å². The first-order valence-electron chi connectivity index (χ1n) is 4.95. The molecule has 0 aliphatic heterocycles. The molecule has 1 rings (SSSR count). The summed E-state index contributed by atoms with van der Waals surface area (Å²) >= 11 is 0. The molecule has 1 heterocycles. The van der Waals surface area contributed by atoms with E-state index in [4.69, 9.17) is 10.5 Å². The van der Waals surface area contributed by atoms with Gasteiger partial charge in [0.05, 0.1) is 18.0 Å². The molecule has 3 nitrogen and oxygen atoms in total. The number of nitrogens with zero attached hydrogens (tertiary/aromatic N) is 1. The molecule has 0 aliphatic carbocycles. The largest absolute Gasteiger partial charge is 0.478 e. The second-order valence-corrected chi connectivity index (χ2v) is 3.86. The highest BCUT2D eigenvalue weighted by Crippen LogP contribution is 2.14. The first-order valence-corrected chi connectivity index (χ1v) is 4.95. The maximum absolute atomic E-state index is 5.65. The Hall–Kier alpha value is -1.25. The van der Waals surface area contributed by atoms with Gasteiger partial charge in [0.2, 0.25) is 5.88 Å². The Morgan fingerprint density at radius 1 is 1.43 bits per heavy atom. The smallest absolute Gasteiger partial charge is 0.213 e. The predicted molar refractivity (Wildman–Crippen MR) is 58.3 cm³/mol. The highest BCUT2D eigenvalue weighted by Gasteiger charge is 2.00. The van der Waals surface area contributed by atoms with Crippen molar-refractivity contribution in [3.63, 3.8) is 0 Å². The number of hydrogen-bond acceptors (Lipinski definition) is 3. The summed E-state index contributed by atoms with van der Waals surface area (Å²) in [5.41, 5.74) is 7.18. The lowest BCUT2D eigenvalue weighted by Gasteiger charge is -2.08. The van der Waals surface area contributed by atoms with Gasteiger partial charge in [0.1, 0.15) is 0 Å². The lowest BCUT2D eigenvalue weighted by atomic mass is 10.1. The third kappa shape index (κ3) is 3.24. The molecule has 0 radical (unpaired) electrons. The third-order valence-electron chi connectivity index (χ3n) is 2.05. The average molecular weight is 194 g/mol. The van der Waals surface area contributed by atoms with Crippen molar-refractivity contribution in [1.29, 1.82) is 0 Å². The minimum Gasteiger partial charge on any atom is -0.478 e. The fourth-order valence-corrected chi connectivity index (χ4v) is 1.03. The third-order valence-corrected chi connectivity index (χ3v) is 2.05. The SMILES string of the molecule is Cc1nc(OCCC(C)C)ccc1N. The van der Waals surface area contributed by atoms with Crippen LogP contribution in [0.4, 0.5) is 5.69 Å². The Bertz CT molecular complexity index is 297. The number of rotatable bonds is 4. The molecule has 1 aromatic heterocycles. The van der Waals surface area contributed by atoms with Gasteiger partial charge in [-0.05, 0) is 25.3 Å². The number of aryl methyl sites for hydroxylation is 1. The second-order valence-electron chi connectivity index (χ2n) is 3.86. The molecule has 3 heteroatoms. The summed E-state index contributed by atoms with van der Waals surface area (Å²) in [6.07, 6.45) is 1.05. The standard InChI is InChI=1S/C11H18N2O/c1-8(2)6-7-14-11-5-4-10(12)9(3)13-11/h4-5,8H,6-7,12H2,1-3H3. The van der Waals surface area contributed by atoms with E-state index in [-0.39, 0.29) is 0 Å². The van der Waals surface area contributed by atoms with Crippen molar-refractivity contribution in [1.82, 2.24) is 4.98 Å². The molecule has 0 spiro atoms. The Morgan fingerprint density at radius 2 is 2.14 bits per heavy atom. The molecule has 0 aliphatic rings. The minimum absolute atomic E-state index is 0.657. The van der Waals surface area contributed by atoms with E-state index >= 15 is 0 Å². The van der Waals surface area contributed by atoms with Gasteiger partial charge in [0.15, 0.2) is 0 Å². The summed E-state index contributed by atoms with van der Waals surface area (Å²) in [7, 11) is 0. The summed E-state index contributed by atoms with van der Waals surface area (Å²) in [6.45, 7) is 6.94. The van der Waals surface area contributed by atoms with Crippen molar-refractivity contribution in [2.45, 2.75) is 27.2 Å². The Morgan fingerprint density at radius 3 is 2.71 bits per heavy atom. The highest BCUT2D eigenvalue weighted by molar-refractivity contribution is 5.43. The first-order chi connectivity index (χ1) is 6.59. The number of hydrogen-bond donors (Lipinski definition) is 1. The van der Waals surface area contributed by atoms with Crippen LogP contribution in [0.1, 0.15) is 26.0 Å². The van der Waals surface area contributed by atoms with Crippen LogP contribution in [0.2, 0.25) is 0 Å². The number of pyridine rings is 1. The van der Waals surface area contributed by atoms with Gasteiger partial charge in [-0.1, -0.05) is 13.8 Å². The van der Waals surface area contributed by atoms with Crippen LogP contribution in [-0.2, 0) is 0 Å². The first kappa shape index (κ1) is 10.8. The van der Waals surface area contributed by atoms with Gasteiger partial charge in [0, 0.05) is 6.07 Å². The number of nitrogen functional groups attached to an aromatic ring is 1. The van der Waals surface area contributed by atoms with Crippen molar-refractivity contribution >= 4 is 5.69 Å². The van der Waals surface area contributed by atoms with Gasteiger partial charge < -0.3 is 10.5 Å². The second kappa shape index (κ2) is 4.84. The molecule has 0 aromatic carbocycles.